The average Bonchev–Trinajstić information content (AvgIpc) is 3.44. The fourth-order valence-electron chi connectivity index (χ4n) is 6.10. The monoisotopic (exact) mass is 516 g/mol. The van der Waals surface area contributed by atoms with E-state index in [1.54, 1.807) is 14.2 Å². The molecule has 6 nitrogen and oxygen atoms in total. The van der Waals surface area contributed by atoms with E-state index >= 15 is 0 Å². The van der Waals surface area contributed by atoms with Gasteiger partial charge in [0.25, 0.3) is 0 Å². The van der Waals surface area contributed by atoms with Gasteiger partial charge in [0, 0.05) is 28.6 Å². The molecule has 0 unspecified atom stereocenters. The normalized spacial score (nSPS) is 27.5. The topological polar surface area (TPSA) is 52.2 Å². The first-order valence-corrected chi connectivity index (χ1v) is 13.0. The van der Waals surface area contributed by atoms with Gasteiger partial charge in [-0.3, -0.25) is 4.90 Å². The molecule has 2 aromatic rings. The van der Waals surface area contributed by atoms with Gasteiger partial charge >= 0.3 is 0 Å². The van der Waals surface area contributed by atoms with Crippen molar-refractivity contribution in [1.82, 2.24) is 10.2 Å². The molecule has 0 spiro atoms. The molecule has 3 saturated heterocycles. The van der Waals surface area contributed by atoms with Crippen molar-refractivity contribution in [3.63, 3.8) is 0 Å². The smallest absolute Gasteiger partial charge is 0.213 e. The Balaban J connectivity index is 1.39. The van der Waals surface area contributed by atoms with Crippen LogP contribution in [0, 0.1) is 5.92 Å². The molecule has 2 aromatic carbocycles. The number of methoxy groups -OCH3 is 2. The summed E-state index contributed by atoms with van der Waals surface area (Å²) in [5, 5.41) is 4.33. The van der Waals surface area contributed by atoms with E-state index in [-0.39, 0.29) is 5.92 Å². The summed E-state index contributed by atoms with van der Waals surface area (Å²) in [5.74, 6) is 0.930. The number of nitrogens with zero attached hydrogens (tertiary/aromatic N) is 1. The summed E-state index contributed by atoms with van der Waals surface area (Å²) in [6.07, 6.45) is 3.46. The van der Waals surface area contributed by atoms with E-state index in [1.165, 1.54) is 12.0 Å². The summed E-state index contributed by atoms with van der Waals surface area (Å²) >= 11 is 12.3. The second-order valence-corrected chi connectivity index (χ2v) is 10.5. The zero-order valence-corrected chi connectivity index (χ0v) is 22.0. The molecule has 1 N–H and O–H groups in total. The highest BCUT2D eigenvalue weighted by Crippen LogP contribution is 2.47. The van der Waals surface area contributed by atoms with Crippen LogP contribution in [0.2, 0.25) is 5.02 Å². The third-order valence-electron chi connectivity index (χ3n) is 7.94. The predicted octanol–water partition coefficient (Wildman–Crippen LogP) is 4.74. The third-order valence-corrected chi connectivity index (χ3v) is 8.61. The van der Waals surface area contributed by atoms with Gasteiger partial charge in [-0.1, -0.05) is 36.0 Å². The number of benzene rings is 2. The highest BCUT2D eigenvalue weighted by atomic mass is 35.5. The van der Waals surface area contributed by atoms with Gasteiger partial charge in [-0.15, -0.1) is 0 Å². The highest BCUT2D eigenvalue weighted by molar-refractivity contribution is 7.80. The Kier molecular flexibility index (Phi) is 7.24. The van der Waals surface area contributed by atoms with Crippen molar-refractivity contribution in [2.45, 2.75) is 43.1 Å². The Morgan fingerprint density at radius 2 is 1.80 bits per heavy atom. The van der Waals surface area contributed by atoms with Gasteiger partial charge < -0.3 is 24.3 Å². The molecule has 3 heterocycles. The van der Waals surface area contributed by atoms with E-state index in [0.717, 1.165) is 28.4 Å². The van der Waals surface area contributed by atoms with E-state index < -0.39 is 5.79 Å². The van der Waals surface area contributed by atoms with Crippen LogP contribution in [0.3, 0.4) is 0 Å². The van der Waals surface area contributed by atoms with Crippen molar-refractivity contribution in [2.24, 2.45) is 5.92 Å². The molecule has 5 rings (SSSR count). The number of hydrogen-bond donors (Lipinski definition) is 1. The minimum atomic E-state index is -0.932. The van der Waals surface area contributed by atoms with Gasteiger partial charge in [0.1, 0.15) is 0 Å². The Morgan fingerprint density at radius 1 is 1.09 bits per heavy atom. The molecule has 2 bridgehead atoms. The number of thiocarbonyl (C=S) groups is 1. The van der Waals surface area contributed by atoms with Gasteiger partial charge in [0.15, 0.2) is 11.5 Å². The van der Waals surface area contributed by atoms with Gasteiger partial charge in [-0.2, -0.15) is 0 Å². The third kappa shape index (κ3) is 4.65. The highest BCUT2D eigenvalue weighted by Gasteiger charge is 2.48. The van der Waals surface area contributed by atoms with Crippen molar-refractivity contribution in [3.05, 3.63) is 58.6 Å². The SMILES string of the molecule is COc1ccc(C2(CNC(=S)[C@H]3[C@@H](c4ccc(Cl)cc4)C[C@@H]4CC[C@H]3N4C)OCCO2)cc1OC. The van der Waals surface area contributed by atoms with Gasteiger partial charge in [0.2, 0.25) is 5.79 Å². The molecule has 3 aliphatic heterocycles. The summed E-state index contributed by atoms with van der Waals surface area (Å²) in [7, 11) is 5.50. The maximum Gasteiger partial charge on any atom is 0.213 e. The minimum Gasteiger partial charge on any atom is -0.493 e. The number of ether oxygens (including phenoxy) is 4. The average molecular weight is 517 g/mol. The van der Waals surface area contributed by atoms with Gasteiger partial charge in [0.05, 0.1) is 39.0 Å². The van der Waals surface area contributed by atoms with E-state index in [2.05, 4.69) is 29.4 Å². The number of hydrogen-bond acceptors (Lipinski definition) is 6. The number of piperidine rings is 1. The largest absolute Gasteiger partial charge is 0.493 e. The van der Waals surface area contributed by atoms with Crippen molar-refractivity contribution in [3.8, 4) is 11.5 Å². The standard InChI is InChI=1S/C27H33ClN2O4S/c1-30-20-9-10-22(30)25(21(15-20)17-4-7-19(28)8-5-17)26(35)29-16-27(33-12-13-34-27)18-6-11-23(31-2)24(14-18)32-3/h4-8,11,14,20-22,25H,9-10,12-13,15-16H2,1-3H3,(H,29,35)/t20-,21+,22+,25-/m0/s1. The van der Waals surface area contributed by atoms with Crippen molar-refractivity contribution in [2.75, 3.05) is 41.0 Å². The Morgan fingerprint density at radius 3 is 2.49 bits per heavy atom. The fraction of sp³-hybridized carbons (Fsp3) is 0.519. The van der Waals surface area contributed by atoms with Crippen LogP contribution in [-0.4, -0.2) is 63.0 Å². The van der Waals surface area contributed by atoms with Crippen LogP contribution in [0.25, 0.3) is 0 Å². The molecule has 0 aliphatic carbocycles. The molecule has 0 amide bonds. The molecule has 188 valence electrons. The lowest BCUT2D eigenvalue weighted by atomic mass is 9.76. The molecule has 35 heavy (non-hydrogen) atoms. The molecule has 8 heteroatoms. The summed E-state index contributed by atoms with van der Waals surface area (Å²) in [4.78, 5) is 3.39. The zero-order valence-electron chi connectivity index (χ0n) is 20.5. The fourth-order valence-corrected chi connectivity index (χ4v) is 6.62. The first-order valence-electron chi connectivity index (χ1n) is 12.2. The van der Waals surface area contributed by atoms with Crippen LogP contribution >= 0.6 is 23.8 Å². The lowest BCUT2D eigenvalue weighted by Gasteiger charge is -2.44. The van der Waals surface area contributed by atoms with Crippen LogP contribution in [-0.2, 0) is 15.3 Å². The Hall–Kier alpha value is -1.90. The number of rotatable bonds is 7. The lowest BCUT2D eigenvalue weighted by molar-refractivity contribution is -0.159. The molecular formula is C27H33ClN2O4S. The second-order valence-electron chi connectivity index (χ2n) is 9.62. The van der Waals surface area contributed by atoms with Crippen LogP contribution < -0.4 is 14.8 Å². The van der Waals surface area contributed by atoms with E-state index in [4.69, 9.17) is 42.8 Å². The molecule has 0 saturated carbocycles. The maximum atomic E-state index is 6.19. The summed E-state index contributed by atoms with van der Waals surface area (Å²) in [6, 6.07) is 15.0. The summed E-state index contributed by atoms with van der Waals surface area (Å²) < 4.78 is 23.3. The van der Waals surface area contributed by atoms with Crippen LogP contribution in [0.5, 0.6) is 11.5 Å². The van der Waals surface area contributed by atoms with Crippen molar-refractivity contribution in [1.29, 1.82) is 0 Å². The molecule has 3 fully saturated rings. The van der Waals surface area contributed by atoms with Crippen LogP contribution in [0.1, 0.15) is 36.3 Å². The molecule has 4 atom stereocenters. The Bertz CT molecular complexity index is 1060. The Labute approximate surface area is 217 Å². The van der Waals surface area contributed by atoms with Gasteiger partial charge in [-0.05, 0) is 68.1 Å². The molecule has 0 radical (unpaired) electrons. The van der Waals surface area contributed by atoms with Crippen LogP contribution in [0.4, 0.5) is 0 Å². The second kappa shape index (κ2) is 10.2. The van der Waals surface area contributed by atoms with Crippen molar-refractivity contribution >= 4 is 28.8 Å². The molecule has 0 aromatic heterocycles. The quantitative estimate of drug-likeness (QED) is 0.533. The van der Waals surface area contributed by atoms with Crippen LogP contribution in [0.15, 0.2) is 42.5 Å². The maximum absolute atomic E-state index is 6.19. The number of nitrogens with one attached hydrogen (secondary N) is 1. The first kappa shape index (κ1) is 24.8. The van der Waals surface area contributed by atoms with Crippen molar-refractivity contribution < 1.29 is 18.9 Å². The number of halogens is 1. The minimum absolute atomic E-state index is 0.207. The number of fused-ring (bicyclic) bond motifs is 2. The summed E-state index contributed by atoms with van der Waals surface area (Å²) in [5.41, 5.74) is 2.18. The van der Waals surface area contributed by atoms with E-state index in [0.29, 0.717) is 49.3 Å². The first-order chi connectivity index (χ1) is 17.0. The molecular weight excluding hydrogens is 484 g/mol. The van der Waals surface area contributed by atoms with Gasteiger partial charge in [-0.25, -0.2) is 0 Å². The zero-order chi connectivity index (χ0) is 24.6. The summed E-state index contributed by atoms with van der Waals surface area (Å²) in [6.45, 7) is 1.46. The molecule has 3 aliphatic rings. The lowest BCUT2D eigenvalue weighted by Crippen LogP contribution is -2.52. The predicted molar refractivity (Wildman–Crippen MR) is 141 cm³/mol. The van der Waals surface area contributed by atoms with E-state index in [1.807, 2.05) is 30.3 Å². The van der Waals surface area contributed by atoms with E-state index in [9.17, 15) is 0 Å².